The van der Waals surface area contributed by atoms with Crippen molar-refractivity contribution in [1.82, 2.24) is 0 Å². The third-order valence-electron chi connectivity index (χ3n) is 2.85. The molecular formula is C15H14O2. The first kappa shape index (κ1) is 11.4. The second kappa shape index (κ2) is 5.30. The minimum absolute atomic E-state index is 0.0742. The first-order valence-electron chi connectivity index (χ1n) is 5.59. The van der Waals surface area contributed by atoms with Crippen LogP contribution in [0.4, 0.5) is 0 Å². The molecule has 0 heterocycles. The Morgan fingerprint density at radius 3 is 2.29 bits per heavy atom. The van der Waals surface area contributed by atoms with Crippen LogP contribution in [-0.2, 0) is 4.79 Å². The van der Waals surface area contributed by atoms with E-state index in [4.69, 9.17) is 0 Å². The lowest BCUT2D eigenvalue weighted by molar-refractivity contribution is -0.108. The Kier molecular flexibility index (Phi) is 3.55. The maximum Gasteiger partial charge on any atom is 0.120 e. The average Bonchev–Trinajstić information content (AvgIpc) is 2.38. The van der Waals surface area contributed by atoms with Gasteiger partial charge in [-0.05, 0) is 11.6 Å². The Bertz CT molecular complexity index is 491. The Labute approximate surface area is 101 Å². The van der Waals surface area contributed by atoms with Gasteiger partial charge in [0.05, 0.1) is 0 Å². The minimum Gasteiger partial charge on any atom is -0.508 e. The fourth-order valence-electron chi connectivity index (χ4n) is 2.01. The molecule has 0 radical (unpaired) electrons. The summed E-state index contributed by atoms with van der Waals surface area (Å²) in [6.07, 6.45) is 1.27. The molecule has 1 N–H and O–H groups in total. The highest BCUT2D eigenvalue weighted by molar-refractivity contribution is 5.55. The summed E-state index contributed by atoms with van der Waals surface area (Å²) < 4.78 is 0. The molecule has 0 aliphatic rings. The molecule has 0 bridgehead atoms. The highest BCUT2D eigenvalue weighted by Crippen LogP contribution is 2.32. The summed E-state index contributed by atoms with van der Waals surface area (Å²) in [4.78, 5) is 10.8. The number of carbonyl (C=O) groups is 1. The van der Waals surface area contributed by atoms with Crippen molar-refractivity contribution >= 4 is 6.29 Å². The number of hydrogen-bond acceptors (Lipinski definition) is 2. The zero-order valence-electron chi connectivity index (χ0n) is 9.41. The molecule has 2 aromatic carbocycles. The zero-order valence-corrected chi connectivity index (χ0v) is 9.41. The van der Waals surface area contributed by atoms with E-state index in [1.54, 1.807) is 12.1 Å². The summed E-state index contributed by atoms with van der Waals surface area (Å²) in [6, 6.07) is 16.9. The smallest absolute Gasteiger partial charge is 0.120 e. The van der Waals surface area contributed by atoms with Gasteiger partial charge < -0.3 is 9.90 Å². The Morgan fingerprint density at radius 1 is 1.00 bits per heavy atom. The van der Waals surface area contributed by atoms with Gasteiger partial charge in [0, 0.05) is 17.9 Å². The molecule has 0 saturated carbocycles. The van der Waals surface area contributed by atoms with Crippen LogP contribution in [0.2, 0.25) is 0 Å². The van der Waals surface area contributed by atoms with Crippen LogP contribution in [0.1, 0.15) is 23.5 Å². The molecule has 0 aliphatic heterocycles. The zero-order chi connectivity index (χ0) is 12.1. The van der Waals surface area contributed by atoms with Gasteiger partial charge in [-0.15, -0.1) is 0 Å². The maximum absolute atomic E-state index is 10.8. The predicted octanol–water partition coefficient (Wildman–Crippen LogP) is 3.11. The molecule has 0 spiro atoms. The summed E-state index contributed by atoms with van der Waals surface area (Å²) in [5.41, 5.74) is 1.84. The third kappa shape index (κ3) is 2.53. The molecule has 2 nitrogen and oxygen atoms in total. The van der Waals surface area contributed by atoms with E-state index in [1.165, 1.54) is 0 Å². The van der Waals surface area contributed by atoms with E-state index >= 15 is 0 Å². The SMILES string of the molecule is O=CC[C@@H](c1ccccc1)c1ccccc1O. The Morgan fingerprint density at radius 2 is 1.65 bits per heavy atom. The number of benzene rings is 2. The first-order valence-corrected chi connectivity index (χ1v) is 5.59. The number of rotatable bonds is 4. The highest BCUT2D eigenvalue weighted by Gasteiger charge is 2.16. The van der Waals surface area contributed by atoms with Crippen LogP contribution in [0, 0.1) is 0 Å². The second-order valence-electron chi connectivity index (χ2n) is 3.92. The van der Waals surface area contributed by atoms with Crippen LogP contribution in [0.3, 0.4) is 0 Å². The van der Waals surface area contributed by atoms with Crippen LogP contribution >= 0.6 is 0 Å². The predicted molar refractivity (Wildman–Crippen MR) is 67.1 cm³/mol. The first-order chi connectivity index (χ1) is 8.33. The standard InChI is InChI=1S/C15H14O2/c16-11-10-13(12-6-2-1-3-7-12)14-8-4-5-9-15(14)17/h1-9,11,13,17H,10H2/t13-/m0/s1. The molecule has 0 amide bonds. The summed E-state index contributed by atoms with van der Waals surface area (Å²) in [5, 5.41) is 9.85. The van der Waals surface area contributed by atoms with Gasteiger partial charge in [0.25, 0.3) is 0 Å². The largest absolute Gasteiger partial charge is 0.508 e. The summed E-state index contributed by atoms with van der Waals surface area (Å²) in [5.74, 6) is 0.165. The average molecular weight is 226 g/mol. The molecule has 86 valence electrons. The second-order valence-corrected chi connectivity index (χ2v) is 3.92. The van der Waals surface area contributed by atoms with Gasteiger partial charge in [0.15, 0.2) is 0 Å². The van der Waals surface area contributed by atoms with Crippen molar-refractivity contribution in [1.29, 1.82) is 0 Å². The van der Waals surface area contributed by atoms with E-state index in [2.05, 4.69) is 0 Å². The number of aldehydes is 1. The van der Waals surface area contributed by atoms with Gasteiger partial charge in [-0.2, -0.15) is 0 Å². The van der Waals surface area contributed by atoms with E-state index in [0.717, 1.165) is 17.4 Å². The number of phenols is 1. The topological polar surface area (TPSA) is 37.3 Å². The van der Waals surface area contributed by atoms with Gasteiger partial charge in [-0.1, -0.05) is 48.5 Å². The fourth-order valence-corrected chi connectivity index (χ4v) is 2.01. The van der Waals surface area contributed by atoms with Crippen molar-refractivity contribution < 1.29 is 9.90 Å². The van der Waals surface area contributed by atoms with Gasteiger partial charge >= 0.3 is 0 Å². The maximum atomic E-state index is 10.8. The lowest BCUT2D eigenvalue weighted by atomic mass is 9.88. The van der Waals surface area contributed by atoms with Crippen molar-refractivity contribution in [3.8, 4) is 5.75 Å². The number of hydrogen-bond donors (Lipinski definition) is 1. The minimum atomic E-state index is -0.0742. The van der Waals surface area contributed by atoms with Crippen LogP contribution < -0.4 is 0 Å². The number of carbonyl (C=O) groups excluding carboxylic acids is 1. The van der Waals surface area contributed by atoms with Crippen molar-refractivity contribution in [2.24, 2.45) is 0 Å². The van der Waals surface area contributed by atoms with Crippen LogP contribution in [-0.4, -0.2) is 11.4 Å². The summed E-state index contributed by atoms with van der Waals surface area (Å²) >= 11 is 0. The van der Waals surface area contributed by atoms with Crippen LogP contribution in [0.15, 0.2) is 54.6 Å². The van der Waals surface area contributed by atoms with Gasteiger partial charge in [-0.3, -0.25) is 0 Å². The number of aromatic hydroxyl groups is 1. The van der Waals surface area contributed by atoms with E-state index in [0.29, 0.717) is 6.42 Å². The van der Waals surface area contributed by atoms with E-state index < -0.39 is 0 Å². The van der Waals surface area contributed by atoms with Crippen molar-refractivity contribution in [3.05, 3.63) is 65.7 Å². The molecule has 0 aromatic heterocycles. The molecule has 0 unspecified atom stereocenters. The lowest BCUT2D eigenvalue weighted by Gasteiger charge is -2.16. The quantitative estimate of drug-likeness (QED) is 0.813. The molecule has 0 saturated heterocycles. The number of para-hydroxylation sites is 1. The summed E-state index contributed by atoms with van der Waals surface area (Å²) in [6.45, 7) is 0. The highest BCUT2D eigenvalue weighted by atomic mass is 16.3. The van der Waals surface area contributed by atoms with Gasteiger partial charge in [0.2, 0.25) is 0 Å². The molecular weight excluding hydrogens is 212 g/mol. The van der Waals surface area contributed by atoms with Crippen LogP contribution in [0.5, 0.6) is 5.75 Å². The Hall–Kier alpha value is -2.09. The molecule has 0 aliphatic carbocycles. The van der Waals surface area contributed by atoms with E-state index in [1.807, 2.05) is 42.5 Å². The van der Waals surface area contributed by atoms with Gasteiger partial charge in [0.1, 0.15) is 12.0 Å². The van der Waals surface area contributed by atoms with E-state index in [-0.39, 0.29) is 11.7 Å². The van der Waals surface area contributed by atoms with Crippen molar-refractivity contribution in [2.75, 3.05) is 0 Å². The van der Waals surface area contributed by atoms with Gasteiger partial charge in [-0.25, -0.2) is 0 Å². The molecule has 1 atom stereocenters. The molecule has 2 aromatic rings. The molecule has 2 heteroatoms. The van der Waals surface area contributed by atoms with Crippen LogP contribution in [0.25, 0.3) is 0 Å². The monoisotopic (exact) mass is 226 g/mol. The summed E-state index contributed by atoms with van der Waals surface area (Å²) in [7, 11) is 0. The molecule has 0 fully saturated rings. The van der Waals surface area contributed by atoms with Crippen molar-refractivity contribution in [2.45, 2.75) is 12.3 Å². The normalized spacial score (nSPS) is 12.0. The molecule has 2 rings (SSSR count). The fraction of sp³-hybridized carbons (Fsp3) is 0.133. The third-order valence-corrected chi connectivity index (χ3v) is 2.85. The Balaban J connectivity index is 2.43. The lowest BCUT2D eigenvalue weighted by Crippen LogP contribution is -2.02. The van der Waals surface area contributed by atoms with Crippen molar-refractivity contribution in [3.63, 3.8) is 0 Å². The number of phenolic OH excluding ortho intramolecular Hbond substituents is 1. The molecule has 17 heavy (non-hydrogen) atoms. The van der Waals surface area contributed by atoms with E-state index in [9.17, 15) is 9.90 Å².